The number of rotatable bonds is 7. The van der Waals surface area contributed by atoms with Crippen molar-refractivity contribution in [1.82, 2.24) is 5.32 Å². The number of hydrogen-bond acceptors (Lipinski definition) is 4. The zero-order chi connectivity index (χ0) is 22.1. The third kappa shape index (κ3) is 8.34. The largest absolute Gasteiger partial charge is 0.444 e. The van der Waals surface area contributed by atoms with Gasteiger partial charge in [-0.2, -0.15) is 0 Å². The second-order valence-corrected chi connectivity index (χ2v) is 7.99. The van der Waals surface area contributed by atoms with E-state index in [1.807, 2.05) is 31.2 Å². The summed E-state index contributed by atoms with van der Waals surface area (Å²) in [5.41, 5.74) is 2.43. The number of hydrogen-bond donors (Lipinski definition) is 3. The molecule has 3 amide bonds. The first-order chi connectivity index (χ1) is 14.1. The van der Waals surface area contributed by atoms with Crippen LogP contribution in [-0.4, -0.2) is 30.1 Å². The van der Waals surface area contributed by atoms with E-state index in [-0.39, 0.29) is 31.2 Å². The molecule has 0 saturated carbocycles. The van der Waals surface area contributed by atoms with Crippen LogP contribution in [0.15, 0.2) is 48.5 Å². The van der Waals surface area contributed by atoms with Gasteiger partial charge in [-0.3, -0.25) is 9.59 Å². The van der Waals surface area contributed by atoms with Crippen LogP contribution >= 0.6 is 0 Å². The van der Waals surface area contributed by atoms with Crippen molar-refractivity contribution >= 4 is 29.3 Å². The molecular weight excluding hydrogens is 382 g/mol. The van der Waals surface area contributed by atoms with E-state index in [0.29, 0.717) is 11.4 Å². The maximum atomic E-state index is 12.4. The number of aryl methyl sites for hydroxylation is 1. The normalized spacial score (nSPS) is 10.8. The van der Waals surface area contributed by atoms with Crippen molar-refractivity contribution in [3.05, 3.63) is 59.7 Å². The Kier molecular flexibility index (Phi) is 7.98. The Morgan fingerprint density at radius 1 is 0.900 bits per heavy atom. The average molecular weight is 412 g/mol. The van der Waals surface area contributed by atoms with E-state index < -0.39 is 11.7 Å². The molecule has 3 N–H and O–H groups in total. The molecule has 0 aliphatic rings. The van der Waals surface area contributed by atoms with E-state index in [9.17, 15) is 14.4 Å². The molecule has 0 heterocycles. The molecule has 160 valence electrons. The first-order valence-electron chi connectivity index (χ1n) is 9.83. The van der Waals surface area contributed by atoms with Gasteiger partial charge in [-0.25, -0.2) is 4.79 Å². The summed E-state index contributed by atoms with van der Waals surface area (Å²) in [4.78, 5) is 36.3. The van der Waals surface area contributed by atoms with Gasteiger partial charge in [-0.1, -0.05) is 42.0 Å². The summed E-state index contributed by atoms with van der Waals surface area (Å²) in [5.74, 6) is -0.458. The second-order valence-electron chi connectivity index (χ2n) is 7.99. The molecule has 0 radical (unpaired) electrons. The molecular formula is C23H29N3O4. The molecule has 0 unspecified atom stereocenters. The van der Waals surface area contributed by atoms with Gasteiger partial charge in [0.05, 0.1) is 17.8 Å². The monoisotopic (exact) mass is 411 g/mol. The van der Waals surface area contributed by atoms with Crippen molar-refractivity contribution in [2.45, 2.75) is 46.1 Å². The van der Waals surface area contributed by atoms with Crippen molar-refractivity contribution in [2.24, 2.45) is 0 Å². The van der Waals surface area contributed by atoms with Gasteiger partial charge in [-0.15, -0.1) is 0 Å². The Bertz CT molecular complexity index is 903. The molecule has 30 heavy (non-hydrogen) atoms. The Labute approximate surface area is 177 Å². The number of anilines is 2. The third-order valence-corrected chi connectivity index (χ3v) is 3.94. The van der Waals surface area contributed by atoms with Crippen molar-refractivity contribution in [3.8, 4) is 0 Å². The number of ether oxygens (including phenoxy) is 1. The number of carbonyl (C=O) groups is 3. The second kappa shape index (κ2) is 10.4. The van der Waals surface area contributed by atoms with Gasteiger partial charge in [0.2, 0.25) is 11.8 Å². The molecule has 0 fully saturated rings. The molecule has 7 heteroatoms. The highest BCUT2D eigenvalue weighted by Gasteiger charge is 2.16. The summed E-state index contributed by atoms with van der Waals surface area (Å²) < 4.78 is 5.13. The van der Waals surface area contributed by atoms with Gasteiger partial charge in [0.25, 0.3) is 0 Å². The molecule has 2 aromatic rings. The summed E-state index contributed by atoms with van der Waals surface area (Å²) in [7, 11) is 0. The lowest BCUT2D eigenvalue weighted by molar-refractivity contribution is -0.116. The van der Waals surface area contributed by atoms with E-state index in [0.717, 1.165) is 11.1 Å². The van der Waals surface area contributed by atoms with Gasteiger partial charge in [-0.05, 0) is 45.4 Å². The van der Waals surface area contributed by atoms with Crippen LogP contribution < -0.4 is 16.0 Å². The average Bonchev–Trinajstić information content (AvgIpc) is 2.61. The molecule has 0 aliphatic carbocycles. The highest BCUT2D eigenvalue weighted by Crippen LogP contribution is 2.21. The summed E-state index contributed by atoms with van der Waals surface area (Å²) in [6, 6.07) is 14.7. The fraction of sp³-hybridized carbons (Fsp3) is 0.348. The first kappa shape index (κ1) is 22.9. The summed E-state index contributed by atoms with van der Waals surface area (Å²) in [6.45, 7) is 7.42. The van der Waals surface area contributed by atoms with Crippen LogP contribution in [0.4, 0.5) is 16.2 Å². The number of carbonyl (C=O) groups excluding carboxylic acids is 3. The number of amides is 3. The molecule has 2 aromatic carbocycles. The number of para-hydroxylation sites is 2. The van der Waals surface area contributed by atoms with E-state index in [1.165, 1.54) is 0 Å². The Morgan fingerprint density at radius 3 is 2.13 bits per heavy atom. The van der Waals surface area contributed by atoms with Crippen molar-refractivity contribution < 1.29 is 19.1 Å². The van der Waals surface area contributed by atoms with E-state index in [2.05, 4.69) is 16.0 Å². The molecule has 0 saturated heterocycles. The molecule has 0 spiro atoms. The quantitative estimate of drug-likeness (QED) is 0.641. The highest BCUT2D eigenvalue weighted by atomic mass is 16.6. The Hall–Kier alpha value is -3.35. The number of nitrogens with one attached hydrogen (secondary N) is 3. The standard InChI is InChI=1S/C23H29N3O4/c1-16-8-7-9-17(14-16)15-21(28)26-19-11-6-5-10-18(19)25-20(27)12-13-24-22(29)30-23(2,3)4/h5-11,14H,12-13,15H2,1-4H3,(H,24,29)(H,25,27)(H,26,28). The smallest absolute Gasteiger partial charge is 0.407 e. The van der Waals surface area contributed by atoms with Crippen LogP contribution in [0.5, 0.6) is 0 Å². The van der Waals surface area contributed by atoms with Gasteiger partial charge >= 0.3 is 6.09 Å². The highest BCUT2D eigenvalue weighted by molar-refractivity contribution is 6.00. The minimum Gasteiger partial charge on any atom is -0.444 e. The van der Waals surface area contributed by atoms with Gasteiger partial charge in [0.15, 0.2) is 0 Å². The van der Waals surface area contributed by atoms with E-state index in [1.54, 1.807) is 45.0 Å². The minimum absolute atomic E-state index is 0.0742. The van der Waals surface area contributed by atoms with E-state index >= 15 is 0 Å². The summed E-state index contributed by atoms with van der Waals surface area (Å²) >= 11 is 0. The maximum absolute atomic E-state index is 12.4. The number of benzene rings is 2. The fourth-order valence-electron chi connectivity index (χ4n) is 2.71. The molecule has 0 aliphatic heterocycles. The molecule has 2 rings (SSSR count). The van der Waals surface area contributed by atoms with Crippen LogP contribution in [0, 0.1) is 6.92 Å². The lowest BCUT2D eigenvalue weighted by Gasteiger charge is -2.19. The predicted octanol–water partition coefficient (Wildman–Crippen LogP) is 4.03. The number of alkyl carbamates (subject to hydrolysis) is 1. The van der Waals surface area contributed by atoms with Crippen molar-refractivity contribution in [3.63, 3.8) is 0 Å². The van der Waals surface area contributed by atoms with Gasteiger partial charge < -0.3 is 20.7 Å². The third-order valence-electron chi connectivity index (χ3n) is 3.94. The molecule has 0 bridgehead atoms. The van der Waals surface area contributed by atoms with E-state index in [4.69, 9.17) is 4.74 Å². The van der Waals surface area contributed by atoms with Gasteiger partial charge in [0, 0.05) is 13.0 Å². The lowest BCUT2D eigenvalue weighted by Crippen LogP contribution is -2.34. The van der Waals surface area contributed by atoms with Crippen LogP contribution in [-0.2, 0) is 20.7 Å². The van der Waals surface area contributed by atoms with Crippen LogP contribution in [0.25, 0.3) is 0 Å². The van der Waals surface area contributed by atoms with Crippen LogP contribution in [0.1, 0.15) is 38.3 Å². The maximum Gasteiger partial charge on any atom is 0.407 e. The zero-order valence-electron chi connectivity index (χ0n) is 17.9. The summed E-state index contributed by atoms with van der Waals surface area (Å²) in [6.07, 6.45) is -0.256. The first-order valence-corrected chi connectivity index (χ1v) is 9.83. The molecule has 0 aromatic heterocycles. The minimum atomic E-state index is -0.595. The van der Waals surface area contributed by atoms with Crippen molar-refractivity contribution in [1.29, 1.82) is 0 Å². The molecule has 0 atom stereocenters. The Balaban J connectivity index is 1.87. The lowest BCUT2D eigenvalue weighted by atomic mass is 10.1. The predicted molar refractivity (Wildman–Crippen MR) is 117 cm³/mol. The molecule has 7 nitrogen and oxygen atoms in total. The zero-order valence-corrected chi connectivity index (χ0v) is 17.9. The SMILES string of the molecule is Cc1cccc(CC(=O)Nc2ccccc2NC(=O)CCNC(=O)OC(C)(C)C)c1. The Morgan fingerprint density at radius 2 is 1.53 bits per heavy atom. The van der Waals surface area contributed by atoms with Crippen molar-refractivity contribution in [2.75, 3.05) is 17.2 Å². The van der Waals surface area contributed by atoms with Crippen LogP contribution in [0.2, 0.25) is 0 Å². The van der Waals surface area contributed by atoms with Gasteiger partial charge in [0.1, 0.15) is 5.60 Å². The summed E-state index contributed by atoms with van der Waals surface area (Å²) in [5, 5.41) is 8.15. The van der Waals surface area contributed by atoms with Crippen LogP contribution in [0.3, 0.4) is 0 Å². The topological polar surface area (TPSA) is 96.5 Å². The fourth-order valence-corrected chi connectivity index (χ4v) is 2.71.